The minimum atomic E-state index is -0.259. The fourth-order valence-electron chi connectivity index (χ4n) is 2.07. The highest BCUT2D eigenvalue weighted by molar-refractivity contribution is 5.28. The Morgan fingerprint density at radius 2 is 2.47 bits per heavy atom. The van der Waals surface area contributed by atoms with Crippen molar-refractivity contribution in [3.05, 3.63) is 10.5 Å². The van der Waals surface area contributed by atoms with Crippen LogP contribution in [0.4, 0.5) is 5.95 Å². The van der Waals surface area contributed by atoms with Crippen molar-refractivity contribution < 1.29 is 0 Å². The molecule has 0 spiro atoms. The summed E-state index contributed by atoms with van der Waals surface area (Å²) in [5.74, 6) is 0.624. The average Bonchev–Trinajstić information content (AvgIpc) is 2.65. The van der Waals surface area contributed by atoms with Gasteiger partial charge in [0.25, 0.3) is 0 Å². The number of rotatable bonds is 2. The van der Waals surface area contributed by atoms with Gasteiger partial charge in [0.2, 0.25) is 5.95 Å². The van der Waals surface area contributed by atoms with E-state index in [1.807, 2.05) is 0 Å². The highest BCUT2D eigenvalue weighted by Gasteiger charge is 2.30. The van der Waals surface area contributed by atoms with Gasteiger partial charge in [-0.15, -0.1) is 5.10 Å². The molecule has 15 heavy (non-hydrogen) atoms. The number of H-pyrrole nitrogens is 2. The van der Waals surface area contributed by atoms with Crippen LogP contribution in [0.1, 0.15) is 19.8 Å². The number of anilines is 1. The van der Waals surface area contributed by atoms with E-state index in [4.69, 9.17) is 5.73 Å². The second-order valence-corrected chi connectivity index (χ2v) is 4.54. The molecule has 1 aromatic heterocycles. The fourth-order valence-corrected chi connectivity index (χ4v) is 2.07. The SMILES string of the molecule is CC1(CN)CCCN(c2n[nH]c(=O)[nH]2)C1. The summed E-state index contributed by atoms with van der Waals surface area (Å²) in [6.45, 7) is 4.61. The Bertz CT molecular complexity index is 384. The average molecular weight is 211 g/mol. The van der Waals surface area contributed by atoms with E-state index in [1.165, 1.54) is 0 Å². The molecule has 84 valence electrons. The number of aromatic amines is 2. The summed E-state index contributed by atoms with van der Waals surface area (Å²) in [6.07, 6.45) is 2.22. The number of piperidine rings is 1. The van der Waals surface area contributed by atoms with Crippen LogP contribution in [0.3, 0.4) is 0 Å². The van der Waals surface area contributed by atoms with Crippen LogP contribution in [-0.2, 0) is 0 Å². The maximum atomic E-state index is 10.9. The van der Waals surface area contributed by atoms with Gasteiger partial charge >= 0.3 is 5.69 Å². The molecule has 1 saturated heterocycles. The normalized spacial score (nSPS) is 26.9. The van der Waals surface area contributed by atoms with Crippen molar-refractivity contribution in [1.82, 2.24) is 15.2 Å². The van der Waals surface area contributed by atoms with Crippen molar-refractivity contribution in [2.45, 2.75) is 19.8 Å². The summed E-state index contributed by atoms with van der Waals surface area (Å²) in [7, 11) is 0. The number of hydrogen-bond donors (Lipinski definition) is 3. The van der Waals surface area contributed by atoms with Gasteiger partial charge in [-0.2, -0.15) is 0 Å². The lowest BCUT2D eigenvalue weighted by atomic mass is 9.82. The van der Waals surface area contributed by atoms with E-state index in [-0.39, 0.29) is 11.1 Å². The Morgan fingerprint density at radius 1 is 1.67 bits per heavy atom. The van der Waals surface area contributed by atoms with Crippen LogP contribution in [0.2, 0.25) is 0 Å². The van der Waals surface area contributed by atoms with Gasteiger partial charge in [0.1, 0.15) is 0 Å². The zero-order chi connectivity index (χ0) is 10.9. The first-order chi connectivity index (χ1) is 7.13. The van der Waals surface area contributed by atoms with Crippen molar-refractivity contribution in [2.75, 3.05) is 24.5 Å². The molecule has 0 aromatic carbocycles. The van der Waals surface area contributed by atoms with Crippen molar-refractivity contribution >= 4 is 5.95 Å². The summed E-state index contributed by atoms with van der Waals surface area (Å²) < 4.78 is 0. The first-order valence-corrected chi connectivity index (χ1v) is 5.23. The lowest BCUT2D eigenvalue weighted by Crippen LogP contribution is -2.46. The van der Waals surface area contributed by atoms with Crippen LogP contribution >= 0.6 is 0 Å². The second-order valence-electron chi connectivity index (χ2n) is 4.54. The topological polar surface area (TPSA) is 90.8 Å². The van der Waals surface area contributed by atoms with E-state index in [0.717, 1.165) is 25.9 Å². The van der Waals surface area contributed by atoms with E-state index in [1.54, 1.807) is 0 Å². The van der Waals surface area contributed by atoms with Crippen LogP contribution in [0.15, 0.2) is 4.79 Å². The zero-order valence-electron chi connectivity index (χ0n) is 8.92. The van der Waals surface area contributed by atoms with E-state index >= 15 is 0 Å². The first-order valence-electron chi connectivity index (χ1n) is 5.23. The highest BCUT2D eigenvalue weighted by atomic mass is 16.1. The Labute approximate surface area is 87.9 Å². The third-order valence-corrected chi connectivity index (χ3v) is 3.06. The van der Waals surface area contributed by atoms with Gasteiger partial charge in [-0.25, -0.2) is 9.89 Å². The Morgan fingerprint density at radius 3 is 3.07 bits per heavy atom. The number of nitrogens with two attached hydrogens (primary N) is 1. The molecular weight excluding hydrogens is 194 g/mol. The zero-order valence-corrected chi connectivity index (χ0v) is 8.92. The van der Waals surface area contributed by atoms with Gasteiger partial charge in [0, 0.05) is 13.1 Å². The van der Waals surface area contributed by atoms with Crippen LogP contribution in [0.25, 0.3) is 0 Å². The largest absolute Gasteiger partial charge is 0.342 e. The van der Waals surface area contributed by atoms with Crippen molar-refractivity contribution in [3.63, 3.8) is 0 Å². The van der Waals surface area contributed by atoms with Gasteiger partial charge in [-0.3, -0.25) is 4.98 Å². The molecule has 1 aliphatic rings. The van der Waals surface area contributed by atoms with Crippen molar-refractivity contribution in [2.24, 2.45) is 11.1 Å². The second kappa shape index (κ2) is 3.69. The lowest BCUT2D eigenvalue weighted by molar-refractivity contribution is 0.270. The monoisotopic (exact) mass is 211 g/mol. The molecule has 1 aromatic rings. The molecule has 0 saturated carbocycles. The standard InChI is InChI=1S/C9H17N5O/c1-9(5-10)3-2-4-14(6-9)7-11-8(15)13-12-7/h2-6,10H2,1H3,(H2,11,12,13,15). The number of nitrogens with one attached hydrogen (secondary N) is 2. The van der Waals surface area contributed by atoms with Crippen LogP contribution in [0.5, 0.6) is 0 Å². The molecule has 0 aliphatic carbocycles. The quantitative estimate of drug-likeness (QED) is 0.624. The third kappa shape index (κ3) is 2.04. The minimum absolute atomic E-state index is 0.133. The van der Waals surface area contributed by atoms with Gasteiger partial charge in [-0.1, -0.05) is 6.92 Å². The summed E-state index contributed by atoms with van der Waals surface area (Å²) in [6, 6.07) is 0. The van der Waals surface area contributed by atoms with Crippen molar-refractivity contribution in [3.8, 4) is 0 Å². The minimum Gasteiger partial charge on any atom is -0.340 e. The molecule has 6 nitrogen and oxygen atoms in total. The lowest BCUT2D eigenvalue weighted by Gasteiger charge is -2.39. The number of nitrogens with zero attached hydrogens (tertiary/aromatic N) is 2. The molecule has 1 unspecified atom stereocenters. The van der Waals surface area contributed by atoms with E-state index in [9.17, 15) is 4.79 Å². The summed E-state index contributed by atoms with van der Waals surface area (Å²) in [5.41, 5.74) is 5.63. The molecule has 0 radical (unpaired) electrons. The number of aromatic nitrogens is 3. The maximum absolute atomic E-state index is 10.9. The Kier molecular flexibility index (Phi) is 2.52. The Balaban J connectivity index is 2.14. The summed E-state index contributed by atoms with van der Waals surface area (Å²) in [5, 5.41) is 6.31. The van der Waals surface area contributed by atoms with E-state index in [2.05, 4.69) is 27.0 Å². The van der Waals surface area contributed by atoms with Crippen LogP contribution in [-0.4, -0.2) is 34.8 Å². The summed E-state index contributed by atoms with van der Waals surface area (Å²) >= 11 is 0. The maximum Gasteiger partial charge on any atom is 0.342 e. The Hall–Kier alpha value is -1.30. The van der Waals surface area contributed by atoms with E-state index < -0.39 is 0 Å². The molecule has 2 rings (SSSR count). The molecule has 1 fully saturated rings. The molecule has 0 bridgehead atoms. The molecule has 4 N–H and O–H groups in total. The smallest absolute Gasteiger partial charge is 0.340 e. The van der Waals surface area contributed by atoms with Crippen molar-refractivity contribution in [1.29, 1.82) is 0 Å². The molecular formula is C9H17N5O. The molecule has 0 amide bonds. The molecule has 6 heteroatoms. The summed E-state index contributed by atoms with van der Waals surface area (Å²) in [4.78, 5) is 15.7. The van der Waals surface area contributed by atoms with Gasteiger partial charge in [0.15, 0.2) is 0 Å². The first kappa shape index (κ1) is 10.2. The third-order valence-electron chi connectivity index (χ3n) is 3.06. The molecule has 1 aliphatic heterocycles. The number of hydrogen-bond acceptors (Lipinski definition) is 4. The molecule has 2 heterocycles. The van der Waals surface area contributed by atoms with Gasteiger partial charge in [0.05, 0.1) is 0 Å². The van der Waals surface area contributed by atoms with Crippen LogP contribution < -0.4 is 16.3 Å². The van der Waals surface area contributed by atoms with Gasteiger partial charge in [-0.05, 0) is 24.8 Å². The highest BCUT2D eigenvalue weighted by Crippen LogP contribution is 2.29. The van der Waals surface area contributed by atoms with Crippen LogP contribution in [0, 0.1) is 5.41 Å². The van der Waals surface area contributed by atoms with Gasteiger partial charge < -0.3 is 10.6 Å². The fraction of sp³-hybridized carbons (Fsp3) is 0.778. The predicted molar refractivity (Wildman–Crippen MR) is 57.8 cm³/mol. The molecule has 1 atom stereocenters. The van der Waals surface area contributed by atoms with E-state index in [0.29, 0.717) is 12.5 Å². The predicted octanol–water partition coefficient (Wildman–Crippen LogP) is -0.337.